The average molecular weight is 252 g/mol. The lowest BCUT2D eigenvalue weighted by Gasteiger charge is -2.34. The summed E-state index contributed by atoms with van der Waals surface area (Å²) in [6.45, 7) is 4.23. The molecule has 2 rings (SSSR count). The molecule has 18 heavy (non-hydrogen) atoms. The molecule has 3 heteroatoms. The van der Waals surface area contributed by atoms with Crippen molar-refractivity contribution in [3.63, 3.8) is 0 Å². The Kier molecular flexibility index (Phi) is 5.04. The number of amides is 1. The van der Waals surface area contributed by atoms with Crippen molar-refractivity contribution in [1.29, 1.82) is 0 Å². The van der Waals surface area contributed by atoms with Crippen molar-refractivity contribution < 1.29 is 4.79 Å². The van der Waals surface area contributed by atoms with Gasteiger partial charge in [0, 0.05) is 25.6 Å². The van der Waals surface area contributed by atoms with Crippen LogP contribution in [0.5, 0.6) is 0 Å². The standard InChI is InChI=1S/C15H28N2O/c1-2-12-4-3-9-17(11-12)15(18)10-13-5-7-14(16)8-6-13/h12-14H,2-11,16H2,1H3. The third-order valence-corrected chi connectivity index (χ3v) is 4.80. The SMILES string of the molecule is CCC1CCCN(C(=O)CC2CCC(N)CC2)C1. The minimum Gasteiger partial charge on any atom is -0.342 e. The van der Waals surface area contributed by atoms with Crippen LogP contribution in [-0.2, 0) is 4.79 Å². The Morgan fingerprint density at radius 2 is 1.89 bits per heavy atom. The Hall–Kier alpha value is -0.570. The van der Waals surface area contributed by atoms with Crippen LogP contribution in [0.1, 0.15) is 58.3 Å². The molecule has 104 valence electrons. The monoisotopic (exact) mass is 252 g/mol. The fourth-order valence-corrected chi connectivity index (χ4v) is 3.39. The summed E-state index contributed by atoms with van der Waals surface area (Å²) in [5.74, 6) is 1.73. The summed E-state index contributed by atoms with van der Waals surface area (Å²) >= 11 is 0. The normalized spacial score (nSPS) is 33.4. The fourth-order valence-electron chi connectivity index (χ4n) is 3.39. The third kappa shape index (κ3) is 3.71. The van der Waals surface area contributed by atoms with Crippen LogP contribution in [0.15, 0.2) is 0 Å². The maximum absolute atomic E-state index is 12.3. The van der Waals surface area contributed by atoms with Gasteiger partial charge in [0.15, 0.2) is 0 Å². The van der Waals surface area contributed by atoms with Gasteiger partial charge in [-0.15, -0.1) is 0 Å². The van der Waals surface area contributed by atoms with Gasteiger partial charge in [-0.05, 0) is 50.4 Å². The summed E-state index contributed by atoms with van der Waals surface area (Å²) in [7, 11) is 0. The Balaban J connectivity index is 1.77. The summed E-state index contributed by atoms with van der Waals surface area (Å²) in [6, 6.07) is 0.385. The lowest BCUT2D eigenvalue weighted by Crippen LogP contribution is -2.41. The molecule has 2 N–H and O–H groups in total. The number of carbonyl (C=O) groups excluding carboxylic acids is 1. The highest BCUT2D eigenvalue weighted by Crippen LogP contribution is 2.27. The molecular weight excluding hydrogens is 224 g/mol. The van der Waals surface area contributed by atoms with Gasteiger partial charge in [-0.1, -0.05) is 13.3 Å². The van der Waals surface area contributed by atoms with Crippen LogP contribution in [0, 0.1) is 11.8 Å². The second kappa shape index (κ2) is 6.55. The number of hydrogen-bond acceptors (Lipinski definition) is 2. The van der Waals surface area contributed by atoms with E-state index in [0.29, 0.717) is 17.9 Å². The molecule has 0 spiro atoms. The zero-order valence-electron chi connectivity index (χ0n) is 11.7. The van der Waals surface area contributed by atoms with Crippen LogP contribution in [-0.4, -0.2) is 29.9 Å². The molecule has 1 atom stereocenters. The van der Waals surface area contributed by atoms with E-state index in [0.717, 1.165) is 51.1 Å². The molecule has 1 aliphatic heterocycles. The van der Waals surface area contributed by atoms with E-state index in [-0.39, 0.29) is 0 Å². The summed E-state index contributed by atoms with van der Waals surface area (Å²) in [5, 5.41) is 0. The van der Waals surface area contributed by atoms with Crippen molar-refractivity contribution in [3.05, 3.63) is 0 Å². The molecule has 1 heterocycles. The number of carbonyl (C=O) groups is 1. The summed E-state index contributed by atoms with van der Waals surface area (Å²) in [4.78, 5) is 14.4. The quantitative estimate of drug-likeness (QED) is 0.839. The molecule has 0 bridgehead atoms. The average Bonchev–Trinajstić information content (AvgIpc) is 2.41. The number of rotatable bonds is 3. The van der Waals surface area contributed by atoms with E-state index in [4.69, 9.17) is 5.73 Å². The second-order valence-corrected chi connectivity index (χ2v) is 6.24. The van der Waals surface area contributed by atoms with Gasteiger partial charge in [-0.2, -0.15) is 0 Å². The van der Waals surface area contributed by atoms with Crippen LogP contribution in [0.25, 0.3) is 0 Å². The molecule has 1 saturated carbocycles. The minimum absolute atomic E-state index is 0.385. The van der Waals surface area contributed by atoms with Crippen molar-refractivity contribution in [1.82, 2.24) is 4.90 Å². The number of nitrogens with zero attached hydrogens (tertiary/aromatic N) is 1. The van der Waals surface area contributed by atoms with Crippen LogP contribution >= 0.6 is 0 Å². The topological polar surface area (TPSA) is 46.3 Å². The molecule has 1 aliphatic carbocycles. The van der Waals surface area contributed by atoms with Gasteiger partial charge < -0.3 is 10.6 Å². The van der Waals surface area contributed by atoms with E-state index in [1.807, 2.05) is 0 Å². The van der Waals surface area contributed by atoms with E-state index in [9.17, 15) is 4.79 Å². The highest BCUT2D eigenvalue weighted by Gasteiger charge is 2.26. The van der Waals surface area contributed by atoms with Crippen molar-refractivity contribution in [2.24, 2.45) is 17.6 Å². The predicted molar refractivity (Wildman–Crippen MR) is 74.1 cm³/mol. The first-order valence-electron chi connectivity index (χ1n) is 7.72. The maximum atomic E-state index is 12.3. The van der Waals surface area contributed by atoms with Gasteiger partial charge in [0.05, 0.1) is 0 Å². The minimum atomic E-state index is 0.385. The molecule has 0 aromatic carbocycles. The molecule has 3 nitrogen and oxygen atoms in total. The van der Waals surface area contributed by atoms with Crippen LogP contribution in [0.4, 0.5) is 0 Å². The van der Waals surface area contributed by atoms with Gasteiger partial charge in [-0.3, -0.25) is 4.79 Å². The Bertz CT molecular complexity index is 272. The number of likely N-dealkylation sites (tertiary alicyclic amines) is 1. The second-order valence-electron chi connectivity index (χ2n) is 6.24. The van der Waals surface area contributed by atoms with E-state index in [2.05, 4.69) is 11.8 Å². The summed E-state index contributed by atoms with van der Waals surface area (Å²) in [5.41, 5.74) is 5.91. The first-order chi connectivity index (χ1) is 8.69. The Labute approximate surface area is 111 Å². The molecule has 0 aromatic rings. The smallest absolute Gasteiger partial charge is 0.222 e. The first-order valence-corrected chi connectivity index (χ1v) is 7.72. The Morgan fingerprint density at radius 3 is 2.56 bits per heavy atom. The van der Waals surface area contributed by atoms with Crippen LogP contribution in [0.3, 0.4) is 0 Å². The zero-order chi connectivity index (χ0) is 13.0. The van der Waals surface area contributed by atoms with Crippen molar-refractivity contribution in [2.45, 2.75) is 64.3 Å². The molecule has 1 unspecified atom stereocenters. The number of nitrogens with two attached hydrogens (primary N) is 1. The van der Waals surface area contributed by atoms with E-state index in [1.165, 1.54) is 19.3 Å². The highest BCUT2D eigenvalue weighted by atomic mass is 16.2. The lowest BCUT2D eigenvalue weighted by molar-refractivity contribution is -0.134. The van der Waals surface area contributed by atoms with Gasteiger partial charge in [-0.25, -0.2) is 0 Å². The molecule has 2 fully saturated rings. The highest BCUT2D eigenvalue weighted by molar-refractivity contribution is 5.76. The fraction of sp³-hybridized carbons (Fsp3) is 0.933. The van der Waals surface area contributed by atoms with Crippen molar-refractivity contribution in [3.8, 4) is 0 Å². The predicted octanol–water partition coefficient (Wildman–Crippen LogP) is 2.54. The molecule has 2 aliphatic rings. The van der Waals surface area contributed by atoms with Gasteiger partial charge in [0.25, 0.3) is 0 Å². The number of hydrogen-bond donors (Lipinski definition) is 1. The van der Waals surface area contributed by atoms with Gasteiger partial charge in [0.1, 0.15) is 0 Å². The third-order valence-electron chi connectivity index (χ3n) is 4.80. The van der Waals surface area contributed by atoms with Crippen molar-refractivity contribution in [2.75, 3.05) is 13.1 Å². The number of piperidine rings is 1. The maximum Gasteiger partial charge on any atom is 0.222 e. The van der Waals surface area contributed by atoms with Crippen molar-refractivity contribution >= 4 is 5.91 Å². The molecule has 0 aromatic heterocycles. The van der Waals surface area contributed by atoms with E-state index >= 15 is 0 Å². The summed E-state index contributed by atoms with van der Waals surface area (Å²) < 4.78 is 0. The Morgan fingerprint density at radius 1 is 1.17 bits per heavy atom. The van der Waals surface area contributed by atoms with Crippen LogP contribution < -0.4 is 5.73 Å². The largest absolute Gasteiger partial charge is 0.342 e. The lowest BCUT2D eigenvalue weighted by atomic mass is 9.84. The van der Waals surface area contributed by atoms with E-state index in [1.54, 1.807) is 0 Å². The molecule has 1 amide bonds. The summed E-state index contributed by atoms with van der Waals surface area (Å²) in [6.07, 6.45) is 8.99. The first kappa shape index (κ1) is 13.9. The van der Waals surface area contributed by atoms with Gasteiger partial charge >= 0.3 is 0 Å². The molecule has 0 radical (unpaired) electrons. The van der Waals surface area contributed by atoms with Crippen LogP contribution in [0.2, 0.25) is 0 Å². The van der Waals surface area contributed by atoms with Gasteiger partial charge in [0.2, 0.25) is 5.91 Å². The van der Waals surface area contributed by atoms with E-state index < -0.39 is 0 Å². The molecule has 1 saturated heterocycles. The molecular formula is C15H28N2O. The zero-order valence-corrected chi connectivity index (χ0v) is 11.7.